The fourth-order valence-corrected chi connectivity index (χ4v) is 3.67. The van der Waals surface area contributed by atoms with E-state index in [-0.39, 0.29) is 0 Å². The van der Waals surface area contributed by atoms with Crippen LogP contribution < -0.4 is 16.5 Å². The molecule has 2 heterocycles. The van der Waals surface area contributed by atoms with Crippen molar-refractivity contribution in [1.29, 1.82) is 0 Å². The molecule has 0 aliphatic carbocycles. The number of anilines is 1. The van der Waals surface area contributed by atoms with Crippen LogP contribution in [0.3, 0.4) is 0 Å². The van der Waals surface area contributed by atoms with Gasteiger partial charge in [0.1, 0.15) is 5.82 Å². The molecule has 8 nitrogen and oxygen atoms in total. The molecule has 9 heteroatoms. The molecule has 0 radical (unpaired) electrons. The molecule has 2 aromatic carbocycles. The molecule has 4 rings (SSSR count). The number of primary amides is 1. The summed E-state index contributed by atoms with van der Waals surface area (Å²) in [6.07, 6.45) is 1.86. The second-order valence-electron chi connectivity index (χ2n) is 7.41. The van der Waals surface area contributed by atoms with Crippen LogP contribution in [0.4, 0.5) is 5.82 Å². The monoisotopic (exact) mass is 415 g/mol. The number of fused-ring (bicyclic) bond motifs is 1. The molecule has 0 unspecified atom stereocenters. The van der Waals surface area contributed by atoms with Crippen LogP contribution in [0.2, 0.25) is 0 Å². The maximum Gasteiger partial charge on any atom is 0.488 e. The first-order valence-corrected chi connectivity index (χ1v) is 9.76. The van der Waals surface area contributed by atoms with Crippen molar-refractivity contribution in [2.45, 2.75) is 13.5 Å². The summed E-state index contributed by atoms with van der Waals surface area (Å²) in [6.45, 7) is 2.34. The Kier molecular flexibility index (Phi) is 5.45. The normalized spacial score (nSPS) is 11.0. The summed E-state index contributed by atoms with van der Waals surface area (Å²) in [7, 11) is 0.369. The molecule has 0 aliphatic rings. The predicted molar refractivity (Wildman–Crippen MR) is 121 cm³/mol. The summed E-state index contributed by atoms with van der Waals surface area (Å²) in [5.41, 5.74) is 8.87. The van der Waals surface area contributed by atoms with Crippen LogP contribution in [0.25, 0.3) is 22.3 Å². The summed E-state index contributed by atoms with van der Waals surface area (Å²) in [6, 6.07) is 14.3. The highest BCUT2D eigenvalue weighted by molar-refractivity contribution is 6.58. The number of amides is 1. The molecule has 0 aliphatic heterocycles. The van der Waals surface area contributed by atoms with Gasteiger partial charge in [-0.2, -0.15) is 0 Å². The second-order valence-corrected chi connectivity index (χ2v) is 7.41. The number of carbonyl (C=O) groups is 1. The molecule has 0 saturated heterocycles. The molecule has 1 amide bonds. The van der Waals surface area contributed by atoms with Gasteiger partial charge in [-0.1, -0.05) is 36.4 Å². The Hall–Kier alpha value is -3.69. The van der Waals surface area contributed by atoms with E-state index < -0.39 is 13.0 Å². The zero-order valence-corrected chi connectivity index (χ0v) is 17.2. The van der Waals surface area contributed by atoms with Gasteiger partial charge in [0.25, 0.3) is 0 Å². The van der Waals surface area contributed by atoms with Gasteiger partial charge in [-0.15, -0.1) is 0 Å². The summed E-state index contributed by atoms with van der Waals surface area (Å²) < 4.78 is 1.89. The minimum absolute atomic E-state index is 0.430. The summed E-state index contributed by atoms with van der Waals surface area (Å²) in [5.74, 6) is 0.685. The molecule has 0 atom stereocenters. The van der Waals surface area contributed by atoms with Crippen molar-refractivity contribution in [1.82, 2.24) is 14.5 Å². The van der Waals surface area contributed by atoms with Gasteiger partial charge >= 0.3 is 7.12 Å². The number of hydrogen-bond donors (Lipinski definition) is 4. The highest BCUT2D eigenvalue weighted by atomic mass is 16.4. The van der Waals surface area contributed by atoms with Gasteiger partial charge in [-0.25, -0.2) is 9.97 Å². The van der Waals surface area contributed by atoms with Gasteiger partial charge in [0, 0.05) is 47.9 Å². The first kappa shape index (κ1) is 20.6. The van der Waals surface area contributed by atoms with Crippen molar-refractivity contribution >= 4 is 35.1 Å². The van der Waals surface area contributed by atoms with E-state index in [0.29, 0.717) is 29.2 Å². The van der Waals surface area contributed by atoms with E-state index in [1.807, 2.05) is 42.9 Å². The fourth-order valence-electron chi connectivity index (χ4n) is 3.67. The first-order valence-electron chi connectivity index (χ1n) is 9.76. The number of carbonyl (C=O) groups excluding carboxylic acids is 1. The molecule has 5 N–H and O–H groups in total. The maximum absolute atomic E-state index is 11.8. The van der Waals surface area contributed by atoms with Crippen LogP contribution in [0.5, 0.6) is 0 Å². The van der Waals surface area contributed by atoms with Crippen molar-refractivity contribution in [3.05, 3.63) is 71.5 Å². The zero-order chi connectivity index (χ0) is 22.1. The number of nitrogens with one attached hydrogen (secondary N) is 1. The molecule has 156 valence electrons. The Morgan fingerprint density at radius 1 is 1.13 bits per heavy atom. The highest BCUT2D eigenvalue weighted by Gasteiger charge is 2.17. The van der Waals surface area contributed by atoms with E-state index in [2.05, 4.69) is 15.3 Å². The topological polar surface area (TPSA) is 126 Å². The lowest BCUT2D eigenvalue weighted by atomic mass is 9.80. The van der Waals surface area contributed by atoms with Crippen molar-refractivity contribution < 1.29 is 14.8 Å². The number of aromatic nitrogens is 3. The lowest BCUT2D eigenvalue weighted by molar-refractivity contribution is 0.100. The lowest BCUT2D eigenvalue weighted by Crippen LogP contribution is -2.30. The smallest absolute Gasteiger partial charge is 0.423 e. The van der Waals surface area contributed by atoms with E-state index in [4.69, 9.17) is 5.73 Å². The van der Waals surface area contributed by atoms with Gasteiger partial charge in [-0.3, -0.25) is 4.79 Å². The molecular formula is C22H22BN5O3. The number of rotatable bonds is 6. The molecule has 0 fully saturated rings. The van der Waals surface area contributed by atoms with Gasteiger partial charge in [-0.05, 0) is 24.0 Å². The SMILES string of the molecule is Cc1cc(NCc2cccc(B(O)O)c2)nc(-c2c3cccc(C(N)=O)c3cn2C)n1. The summed E-state index contributed by atoms with van der Waals surface area (Å²) in [4.78, 5) is 21.1. The Morgan fingerprint density at radius 3 is 2.65 bits per heavy atom. The minimum Gasteiger partial charge on any atom is -0.423 e. The van der Waals surface area contributed by atoms with Crippen LogP contribution >= 0.6 is 0 Å². The van der Waals surface area contributed by atoms with Crippen molar-refractivity contribution in [3.63, 3.8) is 0 Å². The first-order chi connectivity index (χ1) is 14.8. The summed E-state index contributed by atoms with van der Waals surface area (Å²) >= 11 is 0. The Labute approximate surface area is 179 Å². The zero-order valence-electron chi connectivity index (χ0n) is 17.2. The molecule has 31 heavy (non-hydrogen) atoms. The quantitative estimate of drug-likeness (QED) is 0.352. The Morgan fingerprint density at radius 2 is 1.90 bits per heavy atom. The third kappa shape index (κ3) is 4.14. The molecule has 0 bridgehead atoms. The standard InChI is InChI=1S/C22H22BN5O3/c1-13-9-19(25-11-14-5-3-6-15(10-14)23(30)31)27-22(26-13)20-16-7-4-8-17(21(24)29)18(16)12-28(20)2/h3-10,12,30-31H,11H2,1-2H3,(H2,24,29)(H,25,26,27). The largest absolute Gasteiger partial charge is 0.488 e. The van der Waals surface area contributed by atoms with Gasteiger partial charge < -0.3 is 25.7 Å². The number of nitrogens with two attached hydrogens (primary N) is 1. The van der Waals surface area contributed by atoms with E-state index >= 15 is 0 Å². The van der Waals surface area contributed by atoms with Crippen LogP contribution in [0.15, 0.2) is 54.7 Å². The van der Waals surface area contributed by atoms with Crippen LogP contribution in [0.1, 0.15) is 21.6 Å². The molecule has 4 aromatic rings. The van der Waals surface area contributed by atoms with Gasteiger partial charge in [0.05, 0.1) is 5.69 Å². The van der Waals surface area contributed by atoms with Crippen molar-refractivity contribution in [2.75, 3.05) is 5.32 Å². The minimum atomic E-state index is -1.51. The number of aryl methyl sites for hydroxylation is 2. The number of hydrogen-bond acceptors (Lipinski definition) is 6. The molecular weight excluding hydrogens is 393 g/mol. The Bertz CT molecular complexity index is 1290. The third-order valence-corrected chi connectivity index (χ3v) is 5.09. The summed E-state index contributed by atoms with van der Waals surface area (Å²) in [5, 5.41) is 23.6. The predicted octanol–water partition coefficient (Wildman–Crippen LogP) is 1.33. The van der Waals surface area contributed by atoms with Crippen molar-refractivity contribution in [3.8, 4) is 11.5 Å². The lowest BCUT2D eigenvalue weighted by Gasteiger charge is -2.11. The van der Waals surface area contributed by atoms with Crippen LogP contribution in [-0.4, -0.2) is 37.6 Å². The van der Waals surface area contributed by atoms with Crippen LogP contribution in [-0.2, 0) is 13.6 Å². The number of benzene rings is 2. The maximum atomic E-state index is 11.8. The Balaban J connectivity index is 1.69. The van der Waals surface area contributed by atoms with E-state index in [9.17, 15) is 14.8 Å². The average molecular weight is 415 g/mol. The second kappa shape index (κ2) is 8.21. The molecule has 0 spiro atoms. The average Bonchev–Trinajstić information content (AvgIpc) is 3.07. The van der Waals surface area contributed by atoms with E-state index in [0.717, 1.165) is 27.7 Å². The van der Waals surface area contributed by atoms with Gasteiger partial charge in [0.2, 0.25) is 5.91 Å². The van der Waals surface area contributed by atoms with E-state index in [1.54, 1.807) is 30.3 Å². The molecule has 2 aromatic heterocycles. The number of nitrogens with zero attached hydrogens (tertiary/aromatic N) is 3. The van der Waals surface area contributed by atoms with Crippen molar-refractivity contribution in [2.24, 2.45) is 12.8 Å². The molecule has 0 saturated carbocycles. The fraction of sp³-hybridized carbons (Fsp3) is 0.136. The van der Waals surface area contributed by atoms with E-state index in [1.165, 1.54) is 0 Å². The van der Waals surface area contributed by atoms with Gasteiger partial charge in [0.15, 0.2) is 5.82 Å². The third-order valence-electron chi connectivity index (χ3n) is 5.09. The van der Waals surface area contributed by atoms with Crippen LogP contribution in [0, 0.1) is 6.92 Å². The highest BCUT2D eigenvalue weighted by Crippen LogP contribution is 2.30.